The highest BCUT2D eigenvalue weighted by Gasteiger charge is 2.15. The third-order valence-electron chi connectivity index (χ3n) is 3.97. The van der Waals surface area contributed by atoms with Crippen molar-refractivity contribution in [2.75, 3.05) is 20.8 Å². The lowest BCUT2D eigenvalue weighted by Crippen LogP contribution is -2.26. The van der Waals surface area contributed by atoms with Crippen molar-refractivity contribution in [3.05, 3.63) is 23.3 Å². The van der Waals surface area contributed by atoms with Crippen LogP contribution in [0.5, 0.6) is 11.5 Å². The Hall–Kier alpha value is -1.46. The molecule has 0 radical (unpaired) electrons. The van der Waals surface area contributed by atoms with Crippen LogP contribution in [0.25, 0.3) is 0 Å². The lowest BCUT2D eigenvalue weighted by atomic mass is 10.0. The Labute approximate surface area is 151 Å². The minimum Gasteiger partial charge on any atom is -0.493 e. The summed E-state index contributed by atoms with van der Waals surface area (Å²) < 4.78 is 10.6. The second-order valence-corrected chi connectivity index (χ2v) is 5.81. The van der Waals surface area contributed by atoms with Gasteiger partial charge in [-0.25, -0.2) is 0 Å². The summed E-state index contributed by atoms with van der Waals surface area (Å²) in [4.78, 5) is 12.1. The molecule has 5 nitrogen and oxygen atoms in total. The van der Waals surface area contributed by atoms with Gasteiger partial charge in [-0.3, -0.25) is 4.79 Å². The van der Waals surface area contributed by atoms with Gasteiger partial charge >= 0.3 is 0 Å². The van der Waals surface area contributed by atoms with Crippen molar-refractivity contribution in [3.63, 3.8) is 0 Å². The van der Waals surface area contributed by atoms with Crippen LogP contribution in [0.2, 0.25) is 0 Å². The van der Waals surface area contributed by atoms with Gasteiger partial charge in [0.2, 0.25) is 5.91 Å². The van der Waals surface area contributed by atoms with Crippen LogP contribution in [0.3, 0.4) is 0 Å². The van der Waals surface area contributed by atoms with E-state index in [9.17, 15) is 4.79 Å². The third-order valence-corrected chi connectivity index (χ3v) is 3.97. The van der Waals surface area contributed by atoms with Gasteiger partial charge in [0.25, 0.3) is 0 Å². The summed E-state index contributed by atoms with van der Waals surface area (Å²) in [5.74, 6) is 1.46. The first-order valence-corrected chi connectivity index (χ1v) is 8.25. The van der Waals surface area contributed by atoms with E-state index in [2.05, 4.69) is 5.32 Å². The molecule has 1 amide bonds. The second-order valence-electron chi connectivity index (χ2n) is 5.81. The fourth-order valence-corrected chi connectivity index (χ4v) is 2.64. The zero-order valence-corrected chi connectivity index (χ0v) is 16.0. The first kappa shape index (κ1) is 22.5. The number of carbonyl (C=O) groups is 1. The molecule has 0 heterocycles. The number of hydrogen-bond acceptors (Lipinski definition) is 4. The normalized spacial score (nSPS) is 11.4. The zero-order chi connectivity index (χ0) is 17.2. The van der Waals surface area contributed by atoms with Crippen molar-refractivity contribution < 1.29 is 14.3 Å². The number of benzene rings is 1. The van der Waals surface area contributed by atoms with Gasteiger partial charge in [-0.15, -0.1) is 12.4 Å². The number of ether oxygens (including phenoxy) is 2. The van der Waals surface area contributed by atoms with E-state index in [4.69, 9.17) is 15.2 Å². The molecule has 1 aromatic carbocycles. The topological polar surface area (TPSA) is 73.6 Å². The van der Waals surface area contributed by atoms with E-state index >= 15 is 0 Å². The molecule has 0 aliphatic rings. The van der Waals surface area contributed by atoms with Crippen molar-refractivity contribution in [1.82, 2.24) is 5.32 Å². The van der Waals surface area contributed by atoms with Gasteiger partial charge in [-0.1, -0.05) is 12.8 Å². The minimum absolute atomic E-state index is 0. The smallest absolute Gasteiger partial charge is 0.220 e. The lowest BCUT2D eigenvalue weighted by molar-refractivity contribution is -0.121. The summed E-state index contributed by atoms with van der Waals surface area (Å²) in [7, 11) is 3.23. The average molecular weight is 359 g/mol. The Morgan fingerprint density at radius 1 is 1.12 bits per heavy atom. The first-order chi connectivity index (χ1) is 11.0. The Balaban J connectivity index is 0.00000529. The zero-order valence-electron chi connectivity index (χ0n) is 15.2. The molecule has 0 spiro atoms. The van der Waals surface area contributed by atoms with E-state index in [1.165, 1.54) is 0 Å². The van der Waals surface area contributed by atoms with Crippen molar-refractivity contribution >= 4 is 18.3 Å². The van der Waals surface area contributed by atoms with Crippen LogP contribution in [0, 0.1) is 6.92 Å². The summed E-state index contributed by atoms with van der Waals surface area (Å²) >= 11 is 0. The Bertz CT molecular complexity index is 509. The van der Waals surface area contributed by atoms with Crippen molar-refractivity contribution in [1.29, 1.82) is 0 Å². The number of carbonyl (C=O) groups excluding carboxylic acids is 1. The molecule has 6 heteroatoms. The number of rotatable bonds is 10. The Morgan fingerprint density at radius 2 is 1.71 bits per heavy atom. The molecular weight excluding hydrogens is 328 g/mol. The van der Waals surface area contributed by atoms with Crippen LogP contribution in [0.15, 0.2) is 12.1 Å². The van der Waals surface area contributed by atoms with E-state index in [0.717, 1.165) is 43.4 Å². The molecule has 3 N–H and O–H groups in total. The highest BCUT2D eigenvalue weighted by Crippen LogP contribution is 2.32. The van der Waals surface area contributed by atoms with Gasteiger partial charge in [0.15, 0.2) is 11.5 Å². The van der Waals surface area contributed by atoms with Crippen molar-refractivity contribution in [3.8, 4) is 11.5 Å². The molecular formula is C18H31ClN2O3. The van der Waals surface area contributed by atoms with Gasteiger partial charge in [0.05, 0.1) is 20.3 Å². The Kier molecular flexibility index (Phi) is 11.3. The molecule has 0 saturated heterocycles. The third kappa shape index (κ3) is 6.97. The molecule has 24 heavy (non-hydrogen) atoms. The van der Waals surface area contributed by atoms with E-state index in [0.29, 0.717) is 17.9 Å². The minimum atomic E-state index is -0.0636. The van der Waals surface area contributed by atoms with Crippen LogP contribution in [-0.2, 0) is 4.79 Å². The summed E-state index contributed by atoms with van der Waals surface area (Å²) in [6, 6.07) is 3.80. The largest absolute Gasteiger partial charge is 0.493 e. The summed E-state index contributed by atoms with van der Waals surface area (Å²) in [6.45, 7) is 4.72. The Morgan fingerprint density at radius 3 is 2.29 bits per heavy atom. The van der Waals surface area contributed by atoms with Gasteiger partial charge in [-0.05, 0) is 56.5 Å². The molecule has 1 rings (SSSR count). The molecule has 0 saturated carbocycles. The highest BCUT2D eigenvalue weighted by molar-refractivity contribution is 5.85. The maximum Gasteiger partial charge on any atom is 0.220 e. The van der Waals surface area contributed by atoms with E-state index < -0.39 is 0 Å². The summed E-state index contributed by atoms with van der Waals surface area (Å²) in [6.07, 6.45) is 4.64. The van der Waals surface area contributed by atoms with E-state index in [1.807, 2.05) is 26.0 Å². The van der Waals surface area contributed by atoms with Crippen LogP contribution >= 0.6 is 12.4 Å². The first-order valence-electron chi connectivity index (χ1n) is 8.25. The number of methoxy groups -OCH3 is 2. The molecule has 1 unspecified atom stereocenters. The monoisotopic (exact) mass is 358 g/mol. The summed E-state index contributed by atoms with van der Waals surface area (Å²) in [5, 5.41) is 3.06. The predicted molar refractivity (Wildman–Crippen MR) is 100 cm³/mol. The standard InChI is InChI=1S/C18H30N2O3.ClH/c1-13-11-16(22-3)17(23-4)12-15(13)14(2)20-18(21)9-7-5-6-8-10-19;/h11-12,14H,5-10,19H2,1-4H3,(H,20,21);1H. The number of unbranched alkanes of at least 4 members (excludes halogenated alkanes) is 3. The number of nitrogens with one attached hydrogen (secondary N) is 1. The lowest BCUT2D eigenvalue weighted by Gasteiger charge is -2.19. The van der Waals surface area contributed by atoms with Crippen molar-refractivity contribution in [2.45, 2.75) is 52.0 Å². The number of nitrogens with two attached hydrogens (primary N) is 1. The highest BCUT2D eigenvalue weighted by atomic mass is 35.5. The van der Waals surface area contributed by atoms with Crippen LogP contribution < -0.4 is 20.5 Å². The predicted octanol–water partition coefficient (Wildman–Crippen LogP) is 3.52. The summed E-state index contributed by atoms with van der Waals surface area (Å²) in [5.41, 5.74) is 7.57. The van der Waals surface area contributed by atoms with Crippen LogP contribution in [0.1, 0.15) is 56.2 Å². The molecule has 1 aromatic rings. The van der Waals surface area contributed by atoms with Crippen molar-refractivity contribution in [2.24, 2.45) is 5.73 Å². The van der Waals surface area contributed by atoms with Crippen LogP contribution in [0.4, 0.5) is 0 Å². The fourth-order valence-electron chi connectivity index (χ4n) is 2.64. The molecule has 138 valence electrons. The number of aryl methyl sites for hydroxylation is 1. The van der Waals surface area contributed by atoms with Crippen LogP contribution in [-0.4, -0.2) is 26.7 Å². The molecule has 0 aromatic heterocycles. The van der Waals surface area contributed by atoms with Gasteiger partial charge in [0.1, 0.15) is 0 Å². The molecule has 0 fully saturated rings. The maximum atomic E-state index is 12.1. The fraction of sp³-hybridized carbons (Fsp3) is 0.611. The van der Waals surface area contributed by atoms with Gasteiger partial charge in [-0.2, -0.15) is 0 Å². The second kappa shape index (κ2) is 12.0. The van der Waals surface area contributed by atoms with Gasteiger partial charge < -0.3 is 20.5 Å². The molecule has 0 bridgehead atoms. The number of hydrogen-bond donors (Lipinski definition) is 2. The van der Waals surface area contributed by atoms with E-state index in [-0.39, 0.29) is 24.4 Å². The molecule has 0 aliphatic carbocycles. The SMILES string of the molecule is COc1cc(C)c(C(C)NC(=O)CCCCCCN)cc1OC.Cl. The number of amides is 1. The number of halogens is 1. The van der Waals surface area contributed by atoms with E-state index in [1.54, 1.807) is 14.2 Å². The maximum absolute atomic E-state index is 12.1. The van der Waals surface area contributed by atoms with Gasteiger partial charge in [0, 0.05) is 6.42 Å². The average Bonchev–Trinajstić information content (AvgIpc) is 2.54. The quantitative estimate of drug-likeness (QED) is 0.627. The molecule has 1 atom stereocenters. The molecule has 0 aliphatic heterocycles.